The Bertz CT molecular complexity index is 100. The molecule has 1 fully saturated rings. The molecular weight excluding hydrogens is 150 g/mol. The summed E-state index contributed by atoms with van der Waals surface area (Å²) in [6, 6.07) is 0. The van der Waals surface area contributed by atoms with Crippen LogP contribution in [-0.4, -0.2) is 13.7 Å². The van der Waals surface area contributed by atoms with Crippen molar-refractivity contribution >= 4 is 0 Å². The summed E-state index contributed by atoms with van der Waals surface area (Å²) in [6.07, 6.45) is 9.96. The molecule has 0 spiro atoms. The number of hydrogen-bond donors (Lipinski definition) is 1. The Balaban J connectivity index is 1.91. The minimum atomic E-state index is 1.01. The Labute approximate surface area is 75.6 Å². The number of rotatable bonds is 5. The third-order valence-corrected chi connectivity index (χ3v) is 2.76. The molecule has 0 saturated heterocycles. The molecule has 0 heterocycles. The summed E-state index contributed by atoms with van der Waals surface area (Å²) in [5, 5.41) is 0. The second-order valence-corrected chi connectivity index (χ2v) is 3.74. The largest absolute Gasteiger partial charge is 0.305 e. The van der Waals surface area contributed by atoms with Crippen LogP contribution in [0.4, 0.5) is 0 Å². The van der Waals surface area contributed by atoms with E-state index < -0.39 is 0 Å². The molecule has 1 saturated carbocycles. The molecule has 2 heteroatoms. The van der Waals surface area contributed by atoms with E-state index in [9.17, 15) is 0 Å². The number of nitrogens with one attached hydrogen (secondary N) is 1. The van der Waals surface area contributed by atoms with Crippen LogP contribution < -0.4 is 5.48 Å². The molecular formula is C10H21NO. The molecule has 0 aliphatic heterocycles. The molecule has 1 aliphatic rings. The lowest BCUT2D eigenvalue weighted by molar-refractivity contribution is 0.0890. The molecule has 0 aromatic rings. The smallest absolute Gasteiger partial charge is 0.0572 e. The maximum absolute atomic E-state index is 4.78. The average molecular weight is 171 g/mol. The minimum Gasteiger partial charge on any atom is -0.305 e. The van der Waals surface area contributed by atoms with Gasteiger partial charge in [-0.15, -0.1) is 0 Å². The SMILES string of the molecule is CONCCCC1CCCCC1. The molecule has 0 aromatic heterocycles. The fraction of sp³-hybridized carbons (Fsp3) is 1.00. The van der Waals surface area contributed by atoms with Gasteiger partial charge < -0.3 is 4.84 Å². The predicted octanol–water partition coefficient (Wildman–Crippen LogP) is 2.50. The maximum Gasteiger partial charge on any atom is 0.0572 e. The quantitative estimate of drug-likeness (QED) is 0.507. The van der Waals surface area contributed by atoms with E-state index in [0.717, 1.165) is 12.5 Å². The highest BCUT2D eigenvalue weighted by molar-refractivity contribution is 4.65. The molecule has 1 aliphatic carbocycles. The molecule has 0 radical (unpaired) electrons. The van der Waals surface area contributed by atoms with Crippen molar-refractivity contribution in [3.8, 4) is 0 Å². The lowest BCUT2D eigenvalue weighted by atomic mass is 9.86. The third kappa shape index (κ3) is 4.07. The summed E-state index contributed by atoms with van der Waals surface area (Å²) in [5.41, 5.74) is 2.89. The highest BCUT2D eigenvalue weighted by atomic mass is 16.6. The van der Waals surface area contributed by atoms with Crippen molar-refractivity contribution in [2.45, 2.75) is 44.9 Å². The summed E-state index contributed by atoms with van der Waals surface area (Å²) < 4.78 is 0. The molecule has 0 bridgehead atoms. The van der Waals surface area contributed by atoms with Gasteiger partial charge in [0.25, 0.3) is 0 Å². The monoisotopic (exact) mass is 171 g/mol. The van der Waals surface area contributed by atoms with Gasteiger partial charge in [0.1, 0.15) is 0 Å². The number of hydrogen-bond acceptors (Lipinski definition) is 2. The van der Waals surface area contributed by atoms with E-state index in [2.05, 4.69) is 5.48 Å². The molecule has 72 valence electrons. The zero-order valence-corrected chi connectivity index (χ0v) is 8.14. The van der Waals surface area contributed by atoms with Crippen LogP contribution in [0.1, 0.15) is 44.9 Å². The van der Waals surface area contributed by atoms with Crippen molar-refractivity contribution in [3.63, 3.8) is 0 Å². The second kappa shape index (κ2) is 6.44. The minimum absolute atomic E-state index is 1.01. The lowest BCUT2D eigenvalue weighted by Gasteiger charge is -2.21. The number of hydroxylamine groups is 1. The van der Waals surface area contributed by atoms with Crippen LogP contribution in [0, 0.1) is 5.92 Å². The second-order valence-electron chi connectivity index (χ2n) is 3.74. The van der Waals surface area contributed by atoms with Gasteiger partial charge in [0.2, 0.25) is 0 Å². The normalized spacial score (nSPS) is 19.8. The van der Waals surface area contributed by atoms with E-state index in [1.807, 2.05) is 0 Å². The van der Waals surface area contributed by atoms with Crippen LogP contribution in [-0.2, 0) is 4.84 Å². The third-order valence-electron chi connectivity index (χ3n) is 2.76. The van der Waals surface area contributed by atoms with Crippen molar-refractivity contribution in [1.29, 1.82) is 0 Å². The first-order valence-corrected chi connectivity index (χ1v) is 5.19. The molecule has 0 aromatic carbocycles. The van der Waals surface area contributed by atoms with Gasteiger partial charge in [-0.25, -0.2) is 5.48 Å². The van der Waals surface area contributed by atoms with Crippen LogP contribution in [0.25, 0.3) is 0 Å². The van der Waals surface area contributed by atoms with Crippen molar-refractivity contribution in [2.75, 3.05) is 13.7 Å². The van der Waals surface area contributed by atoms with E-state index in [1.54, 1.807) is 7.11 Å². The Kier molecular flexibility index (Phi) is 5.37. The van der Waals surface area contributed by atoms with Gasteiger partial charge in [-0.1, -0.05) is 32.1 Å². The Morgan fingerprint density at radius 2 is 2.00 bits per heavy atom. The van der Waals surface area contributed by atoms with E-state index >= 15 is 0 Å². The molecule has 12 heavy (non-hydrogen) atoms. The summed E-state index contributed by atoms with van der Waals surface area (Å²) in [7, 11) is 1.68. The molecule has 0 atom stereocenters. The van der Waals surface area contributed by atoms with Crippen LogP contribution in [0.3, 0.4) is 0 Å². The zero-order chi connectivity index (χ0) is 8.65. The fourth-order valence-electron chi connectivity index (χ4n) is 2.04. The maximum atomic E-state index is 4.78. The van der Waals surface area contributed by atoms with Crippen molar-refractivity contribution in [2.24, 2.45) is 5.92 Å². The highest BCUT2D eigenvalue weighted by Crippen LogP contribution is 2.26. The van der Waals surface area contributed by atoms with E-state index in [-0.39, 0.29) is 0 Å². The zero-order valence-electron chi connectivity index (χ0n) is 8.14. The first-order valence-electron chi connectivity index (χ1n) is 5.19. The summed E-state index contributed by atoms with van der Waals surface area (Å²) in [4.78, 5) is 4.78. The van der Waals surface area contributed by atoms with Gasteiger partial charge in [-0.05, 0) is 18.8 Å². The van der Waals surface area contributed by atoms with E-state index in [0.29, 0.717) is 0 Å². The van der Waals surface area contributed by atoms with Gasteiger partial charge >= 0.3 is 0 Å². The summed E-state index contributed by atoms with van der Waals surface area (Å²) in [5.74, 6) is 1.01. The Morgan fingerprint density at radius 3 is 2.67 bits per heavy atom. The summed E-state index contributed by atoms with van der Waals surface area (Å²) in [6.45, 7) is 1.01. The average Bonchev–Trinajstić information content (AvgIpc) is 2.14. The van der Waals surface area contributed by atoms with Crippen molar-refractivity contribution in [1.82, 2.24) is 5.48 Å². The van der Waals surface area contributed by atoms with Gasteiger partial charge in [0.05, 0.1) is 7.11 Å². The fourth-order valence-corrected chi connectivity index (χ4v) is 2.04. The Morgan fingerprint density at radius 1 is 1.25 bits per heavy atom. The standard InChI is InChI=1S/C10H21NO/c1-12-11-9-5-8-10-6-3-2-4-7-10/h10-11H,2-9H2,1H3. The van der Waals surface area contributed by atoms with Gasteiger partial charge in [-0.2, -0.15) is 0 Å². The molecule has 0 amide bonds. The van der Waals surface area contributed by atoms with Gasteiger partial charge in [0, 0.05) is 6.54 Å². The Hall–Kier alpha value is -0.0800. The molecule has 0 unspecified atom stereocenters. The van der Waals surface area contributed by atoms with Gasteiger partial charge in [-0.3, -0.25) is 0 Å². The van der Waals surface area contributed by atoms with Gasteiger partial charge in [0.15, 0.2) is 0 Å². The predicted molar refractivity (Wildman–Crippen MR) is 50.8 cm³/mol. The van der Waals surface area contributed by atoms with Crippen LogP contribution in [0.2, 0.25) is 0 Å². The lowest BCUT2D eigenvalue weighted by Crippen LogP contribution is -2.15. The summed E-state index contributed by atoms with van der Waals surface area (Å²) >= 11 is 0. The van der Waals surface area contributed by atoms with Crippen molar-refractivity contribution in [3.05, 3.63) is 0 Å². The van der Waals surface area contributed by atoms with E-state index in [1.165, 1.54) is 44.9 Å². The first-order chi connectivity index (χ1) is 5.93. The molecule has 1 rings (SSSR count). The van der Waals surface area contributed by atoms with Crippen LogP contribution >= 0.6 is 0 Å². The molecule has 1 N–H and O–H groups in total. The first kappa shape index (κ1) is 10.0. The molecule has 2 nitrogen and oxygen atoms in total. The topological polar surface area (TPSA) is 21.3 Å². The van der Waals surface area contributed by atoms with E-state index in [4.69, 9.17) is 4.84 Å². The van der Waals surface area contributed by atoms with Crippen molar-refractivity contribution < 1.29 is 4.84 Å². The van der Waals surface area contributed by atoms with Crippen LogP contribution in [0.5, 0.6) is 0 Å². The van der Waals surface area contributed by atoms with Crippen LogP contribution in [0.15, 0.2) is 0 Å². The highest BCUT2D eigenvalue weighted by Gasteiger charge is 2.12.